The lowest BCUT2D eigenvalue weighted by Crippen LogP contribution is -2.36. The second-order valence-corrected chi connectivity index (χ2v) is 7.12. The van der Waals surface area contributed by atoms with Gasteiger partial charge >= 0.3 is 5.97 Å². The van der Waals surface area contributed by atoms with Crippen LogP contribution in [0.15, 0.2) is 6.07 Å². The number of nitrogens with zero attached hydrogens (tertiary/aromatic N) is 2. The van der Waals surface area contributed by atoms with Crippen LogP contribution >= 0.6 is 0 Å². The van der Waals surface area contributed by atoms with Crippen molar-refractivity contribution in [3.05, 3.63) is 28.6 Å². The van der Waals surface area contributed by atoms with Crippen LogP contribution in [-0.2, 0) is 6.42 Å². The Morgan fingerprint density at radius 3 is 2.86 bits per heavy atom. The van der Waals surface area contributed by atoms with Gasteiger partial charge < -0.3 is 5.11 Å². The average Bonchev–Trinajstić information content (AvgIpc) is 2.87. The quantitative estimate of drug-likeness (QED) is 0.926. The van der Waals surface area contributed by atoms with Crippen LogP contribution in [0.2, 0.25) is 0 Å². The molecule has 1 fully saturated rings. The highest BCUT2D eigenvalue weighted by molar-refractivity contribution is 5.85. The summed E-state index contributed by atoms with van der Waals surface area (Å²) in [6.07, 6.45) is 4.66. The van der Waals surface area contributed by atoms with Crippen LogP contribution in [0.1, 0.15) is 79.3 Å². The minimum absolute atomic E-state index is 0.208. The molecule has 4 heteroatoms. The normalized spacial score (nSPS) is 26.7. The summed E-state index contributed by atoms with van der Waals surface area (Å²) < 4.78 is 0. The fourth-order valence-corrected chi connectivity index (χ4v) is 4.05. The van der Waals surface area contributed by atoms with Crippen molar-refractivity contribution in [2.24, 2.45) is 5.92 Å². The number of hydrogen-bond acceptors (Lipinski definition) is 3. The third-order valence-corrected chi connectivity index (χ3v) is 5.39. The van der Waals surface area contributed by atoms with Crippen LogP contribution in [0, 0.1) is 5.92 Å². The molecule has 1 N–H and O–H groups in total. The molecule has 2 unspecified atom stereocenters. The number of pyridine rings is 1. The number of carbonyl (C=O) groups is 1. The molecule has 0 radical (unpaired) electrons. The summed E-state index contributed by atoms with van der Waals surface area (Å²) in [5, 5.41) is 9.38. The van der Waals surface area contributed by atoms with E-state index in [-0.39, 0.29) is 11.7 Å². The minimum atomic E-state index is -0.914. The van der Waals surface area contributed by atoms with E-state index in [1.807, 2.05) is 6.07 Å². The van der Waals surface area contributed by atoms with E-state index >= 15 is 0 Å². The highest BCUT2D eigenvalue weighted by Gasteiger charge is 2.30. The molecule has 0 amide bonds. The predicted octanol–water partition coefficient (Wildman–Crippen LogP) is 3.62. The molecule has 1 saturated heterocycles. The fourth-order valence-electron chi connectivity index (χ4n) is 4.05. The van der Waals surface area contributed by atoms with Crippen molar-refractivity contribution in [2.45, 2.75) is 58.4 Å². The Labute approximate surface area is 132 Å². The molecule has 120 valence electrons. The molecule has 22 heavy (non-hydrogen) atoms. The molecule has 1 aromatic heterocycles. The summed E-state index contributed by atoms with van der Waals surface area (Å²) in [6.45, 7) is 8.90. The van der Waals surface area contributed by atoms with Gasteiger partial charge in [-0.2, -0.15) is 0 Å². The first-order chi connectivity index (χ1) is 10.5. The summed E-state index contributed by atoms with van der Waals surface area (Å²) in [5.74, 6) is 0.187. The van der Waals surface area contributed by atoms with Crippen molar-refractivity contribution in [2.75, 3.05) is 13.1 Å². The number of carboxylic acid groups (broad SMARTS) is 1. The van der Waals surface area contributed by atoms with Crippen molar-refractivity contribution in [1.82, 2.24) is 9.88 Å². The van der Waals surface area contributed by atoms with Crippen molar-refractivity contribution in [1.29, 1.82) is 0 Å². The van der Waals surface area contributed by atoms with Crippen LogP contribution in [0.25, 0.3) is 0 Å². The topological polar surface area (TPSA) is 53.4 Å². The van der Waals surface area contributed by atoms with Gasteiger partial charge in [0.25, 0.3) is 0 Å². The lowest BCUT2D eigenvalue weighted by molar-refractivity contribution is 0.0689. The number of rotatable bonds is 3. The number of aromatic nitrogens is 1. The number of likely N-dealkylation sites (tertiary alicyclic amines) is 1. The number of hydrogen-bond donors (Lipinski definition) is 1. The maximum absolute atomic E-state index is 11.4. The van der Waals surface area contributed by atoms with E-state index < -0.39 is 5.97 Å². The van der Waals surface area contributed by atoms with Gasteiger partial charge in [-0.05, 0) is 68.2 Å². The van der Waals surface area contributed by atoms with Gasteiger partial charge in [-0.15, -0.1) is 0 Å². The SMILES string of the molecule is CC1CCc2c(C(C)N3CCC[C@H](C)C3)cc(C(=O)O)nc21. The van der Waals surface area contributed by atoms with Crippen LogP contribution in [0.3, 0.4) is 0 Å². The molecule has 1 aliphatic heterocycles. The maximum Gasteiger partial charge on any atom is 0.354 e. The van der Waals surface area contributed by atoms with Gasteiger partial charge in [0.2, 0.25) is 0 Å². The van der Waals surface area contributed by atoms with Crippen LogP contribution in [-0.4, -0.2) is 34.0 Å². The van der Waals surface area contributed by atoms with Crippen molar-refractivity contribution in [3.63, 3.8) is 0 Å². The number of piperidine rings is 1. The molecular formula is C18H26N2O2. The standard InChI is InChI=1S/C18H26N2O2/c1-11-5-4-8-20(10-11)13(3)15-9-16(18(21)22)19-17-12(2)6-7-14(15)17/h9,11-13H,4-8,10H2,1-3H3,(H,21,22)/t11-,12?,13?/m0/s1. The number of aromatic carboxylic acids is 1. The van der Waals surface area contributed by atoms with Gasteiger partial charge in [0.05, 0.1) is 0 Å². The highest BCUT2D eigenvalue weighted by atomic mass is 16.4. The molecule has 2 heterocycles. The molecular weight excluding hydrogens is 276 g/mol. The molecule has 0 aromatic carbocycles. The Morgan fingerprint density at radius 1 is 1.41 bits per heavy atom. The molecule has 3 rings (SSSR count). The lowest BCUT2D eigenvalue weighted by Gasteiger charge is -2.36. The lowest BCUT2D eigenvalue weighted by atomic mass is 9.94. The molecule has 0 spiro atoms. The third-order valence-electron chi connectivity index (χ3n) is 5.39. The maximum atomic E-state index is 11.4. The van der Waals surface area contributed by atoms with Gasteiger partial charge in [0, 0.05) is 18.3 Å². The van der Waals surface area contributed by atoms with E-state index in [0.717, 1.165) is 37.5 Å². The van der Waals surface area contributed by atoms with Gasteiger partial charge in [-0.25, -0.2) is 9.78 Å². The number of carboxylic acids is 1. The summed E-state index contributed by atoms with van der Waals surface area (Å²) in [7, 11) is 0. The van der Waals surface area contributed by atoms with Crippen molar-refractivity contribution in [3.8, 4) is 0 Å². The van der Waals surface area contributed by atoms with Crippen molar-refractivity contribution >= 4 is 5.97 Å². The second-order valence-electron chi connectivity index (χ2n) is 7.12. The van der Waals surface area contributed by atoms with Crippen LogP contribution in [0.5, 0.6) is 0 Å². The summed E-state index contributed by atoms with van der Waals surface area (Å²) in [6, 6.07) is 2.10. The van der Waals surface area contributed by atoms with Crippen molar-refractivity contribution < 1.29 is 9.90 Å². The van der Waals surface area contributed by atoms with Crippen LogP contribution in [0.4, 0.5) is 0 Å². The first kappa shape index (κ1) is 15.5. The fraction of sp³-hybridized carbons (Fsp3) is 0.667. The summed E-state index contributed by atoms with van der Waals surface area (Å²) in [5.41, 5.74) is 3.73. The minimum Gasteiger partial charge on any atom is -0.477 e. The summed E-state index contributed by atoms with van der Waals surface area (Å²) >= 11 is 0. The molecule has 3 atom stereocenters. The first-order valence-electron chi connectivity index (χ1n) is 8.48. The molecule has 4 nitrogen and oxygen atoms in total. The predicted molar refractivity (Wildman–Crippen MR) is 86.3 cm³/mol. The van der Waals surface area contributed by atoms with Gasteiger partial charge in [-0.1, -0.05) is 13.8 Å². The number of fused-ring (bicyclic) bond motifs is 1. The van der Waals surface area contributed by atoms with E-state index in [9.17, 15) is 9.90 Å². The Bertz CT molecular complexity index is 585. The van der Waals surface area contributed by atoms with Gasteiger partial charge in [-0.3, -0.25) is 4.90 Å². The highest BCUT2D eigenvalue weighted by Crippen LogP contribution is 2.38. The van der Waals surface area contributed by atoms with E-state index in [4.69, 9.17) is 0 Å². The zero-order valence-electron chi connectivity index (χ0n) is 13.8. The Morgan fingerprint density at radius 2 is 2.18 bits per heavy atom. The molecule has 0 bridgehead atoms. The Kier molecular flexibility index (Phi) is 4.22. The Hall–Kier alpha value is -1.42. The van der Waals surface area contributed by atoms with E-state index in [1.165, 1.54) is 24.0 Å². The molecule has 1 aromatic rings. The zero-order chi connectivity index (χ0) is 15.9. The second kappa shape index (κ2) is 5.99. The van der Waals surface area contributed by atoms with Crippen LogP contribution < -0.4 is 0 Å². The van der Waals surface area contributed by atoms with E-state index in [2.05, 4.69) is 30.7 Å². The largest absolute Gasteiger partial charge is 0.477 e. The molecule has 2 aliphatic rings. The summed E-state index contributed by atoms with van der Waals surface area (Å²) in [4.78, 5) is 18.4. The van der Waals surface area contributed by atoms with E-state index in [0.29, 0.717) is 5.92 Å². The Balaban J connectivity index is 1.98. The average molecular weight is 302 g/mol. The van der Waals surface area contributed by atoms with Gasteiger partial charge in [0.15, 0.2) is 0 Å². The first-order valence-corrected chi connectivity index (χ1v) is 8.48. The smallest absolute Gasteiger partial charge is 0.354 e. The third kappa shape index (κ3) is 2.76. The molecule has 1 aliphatic carbocycles. The van der Waals surface area contributed by atoms with Gasteiger partial charge in [0.1, 0.15) is 5.69 Å². The van der Waals surface area contributed by atoms with E-state index in [1.54, 1.807) is 0 Å². The molecule has 0 saturated carbocycles. The monoisotopic (exact) mass is 302 g/mol. The zero-order valence-corrected chi connectivity index (χ0v) is 13.8.